The molecule has 0 aliphatic rings. The third-order valence-corrected chi connectivity index (χ3v) is 3.05. The van der Waals surface area contributed by atoms with Crippen LogP contribution in [0.25, 0.3) is 0 Å². The number of non-ortho nitro benzene ring substituents is 1. The quantitative estimate of drug-likeness (QED) is 0.525. The van der Waals surface area contributed by atoms with Crippen molar-refractivity contribution in [3.63, 3.8) is 0 Å². The number of carbonyl (C=O) groups is 1. The molecular weight excluding hydrogens is 312 g/mol. The highest BCUT2D eigenvalue weighted by Gasteiger charge is 2.20. The van der Waals surface area contributed by atoms with Gasteiger partial charge in [-0.1, -0.05) is 41.9 Å². The molecule has 7 nitrogen and oxygen atoms in total. The number of carbonyl (C=O) groups excluding carboxylic acids is 1. The molecular formula is C14H11ClN2O5. The Morgan fingerprint density at radius 2 is 1.95 bits per heavy atom. The average molecular weight is 323 g/mol. The van der Waals surface area contributed by atoms with Gasteiger partial charge in [-0.2, -0.15) is 5.06 Å². The number of nitro groups is 1. The average Bonchev–Trinajstić information content (AvgIpc) is 2.52. The zero-order valence-corrected chi connectivity index (χ0v) is 11.9. The first-order valence-electron chi connectivity index (χ1n) is 6.12. The lowest BCUT2D eigenvalue weighted by Gasteiger charge is -2.16. The third-order valence-electron chi connectivity index (χ3n) is 2.75. The maximum Gasteiger partial charge on any atom is 0.439 e. The SMILES string of the molecule is O=C(OCc1ccccc1)N(O)c1ccc([N+](=O)[O-])cc1Cl. The van der Waals surface area contributed by atoms with Crippen molar-refractivity contribution >= 4 is 29.1 Å². The number of hydrogen-bond donors (Lipinski definition) is 1. The predicted molar refractivity (Wildman–Crippen MR) is 79.0 cm³/mol. The Labute approximate surface area is 130 Å². The maximum absolute atomic E-state index is 11.7. The second-order valence-corrected chi connectivity index (χ2v) is 4.65. The highest BCUT2D eigenvalue weighted by atomic mass is 35.5. The van der Waals surface area contributed by atoms with Gasteiger partial charge in [-0.15, -0.1) is 0 Å². The molecule has 114 valence electrons. The van der Waals surface area contributed by atoms with Crippen LogP contribution in [0.3, 0.4) is 0 Å². The van der Waals surface area contributed by atoms with E-state index in [0.29, 0.717) is 0 Å². The summed E-state index contributed by atoms with van der Waals surface area (Å²) in [5.74, 6) is 0. The first-order chi connectivity index (χ1) is 10.5. The lowest BCUT2D eigenvalue weighted by Crippen LogP contribution is -2.27. The highest BCUT2D eigenvalue weighted by Crippen LogP contribution is 2.29. The van der Waals surface area contributed by atoms with Crippen LogP contribution >= 0.6 is 11.6 Å². The van der Waals surface area contributed by atoms with E-state index in [-0.39, 0.29) is 28.1 Å². The van der Waals surface area contributed by atoms with Crippen molar-refractivity contribution in [1.82, 2.24) is 0 Å². The fourth-order valence-corrected chi connectivity index (χ4v) is 1.91. The first kappa shape index (κ1) is 15.7. The van der Waals surface area contributed by atoms with Crippen LogP contribution in [0.4, 0.5) is 16.2 Å². The summed E-state index contributed by atoms with van der Waals surface area (Å²) in [4.78, 5) is 21.7. The zero-order chi connectivity index (χ0) is 16.1. The number of ether oxygens (including phenoxy) is 1. The number of benzene rings is 2. The molecule has 0 fully saturated rings. The summed E-state index contributed by atoms with van der Waals surface area (Å²) < 4.78 is 4.92. The van der Waals surface area contributed by atoms with E-state index in [0.717, 1.165) is 23.8 Å². The van der Waals surface area contributed by atoms with E-state index in [1.807, 2.05) is 6.07 Å². The third kappa shape index (κ3) is 3.72. The van der Waals surface area contributed by atoms with Crippen molar-refractivity contribution < 1.29 is 19.7 Å². The van der Waals surface area contributed by atoms with E-state index in [2.05, 4.69) is 0 Å². The molecule has 2 aromatic rings. The first-order valence-corrected chi connectivity index (χ1v) is 6.50. The van der Waals surface area contributed by atoms with E-state index in [9.17, 15) is 20.1 Å². The summed E-state index contributed by atoms with van der Waals surface area (Å²) in [5, 5.41) is 20.4. The molecule has 8 heteroatoms. The summed E-state index contributed by atoms with van der Waals surface area (Å²) in [6.45, 7) is -0.0265. The van der Waals surface area contributed by atoms with Gasteiger partial charge in [0.1, 0.15) is 6.61 Å². The number of nitro benzene ring substituents is 1. The number of nitrogens with zero attached hydrogens (tertiary/aromatic N) is 2. The molecule has 2 rings (SSSR count). The molecule has 22 heavy (non-hydrogen) atoms. The van der Waals surface area contributed by atoms with Crippen molar-refractivity contribution in [2.45, 2.75) is 6.61 Å². The Hall–Kier alpha value is -2.64. The van der Waals surface area contributed by atoms with Gasteiger partial charge in [0.15, 0.2) is 0 Å². The Morgan fingerprint density at radius 3 is 2.55 bits per heavy atom. The zero-order valence-electron chi connectivity index (χ0n) is 11.2. The normalized spacial score (nSPS) is 10.1. The van der Waals surface area contributed by atoms with Crippen molar-refractivity contribution in [2.24, 2.45) is 0 Å². The molecule has 0 aromatic heterocycles. The standard InChI is InChI=1S/C14H11ClN2O5/c15-12-8-11(17(20)21)6-7-13(12)16(19)14(18)22-9-10-4-2-1-3-5-10/h1-8,19H,9H2. The van der Waals surface area contributed by atoms with E-state index in [4.69, 9.17) is 16.3 Å². The smallest absolute Gasteiger partial charge is 0.439 e. The number of rotatable bonds is 4. The Bertz CT molecular complexity index is 693. The summed E-state index contributed by atoms with van der Waals surface area (Å²) >= 11 is 5.82. The van der Waals surface area contributed by atoms with Crippen LogP contribution in [-0.2, 0) is 11.3 Å². The Morgan fingerprint density at radius 1 is 1.27 bits per heavy atom. The molecule has 0 saturated carbocycles. The van der Waals surface area contributed by atoms with Gasteiger partial charge in [0.25, 0.3) is 5.69 Å². The van der Waals surface area contributed by atoms with Gasteiger partial charge in [0.2, 0.25) is 0 Å². The highest BCUT2D eigenvalue weighted by molar-refractivity contribution is 6.33. The van der Waals surface area contributed by atoms with Crippen molar-refractivity contribution in [3.8, 4) is 0 Å². The van der Waals surface area contributed by atoms with Crippen molar-refractivity contribution in [3.05, 3.63) is 69.2 Å². The molecule has 0 saturated heterocycles. The summed E-state index contributed by atoms with van der Waals surface area (Å²) in [5.41, 5.74) is 0.393. The van der Waals surface area contributed by atoms with Gasteiger partial charge >= 0.3 is 6.09 Å². The molecule has 0 aliphatic heterocycles. The number of hydroxylamine groups is 1. The van der Waals surface area contributed by atoms with E-state index in [1.54, 1.807) is 24.3 Å². The van der Waals surface area contributed by atoms with Crippen molar-refractivity contribution in [1.29, 1.82) is 0 Å². The van der Waals surface area contributed by atoms with Gasteiger partial charge in [-0.05, 0) is 11.6 Å². The van der Waals surface area contributed by atoms with Gasteiger partial charge < -0.3 is 4.74 Å². The van der Waals surface area contributed by atoms with Crippen LogP contribution < -0.4 is 5.06 Å². The fraction of sp³-hybridized carbons (Fsp3) is 0.0714. The molecule has 0 heterocycles. The van der Waals surface area contributed by atoms with Crippen LogP contribution in [-0.4, -0.2) is 16.2 Å². The van der Waals surface area contributed by atoms with Crippen LogP contribution in [0.5, 0.6) is 0 Å². The number of halogens is 1. The Balaban J connectivity index is 2.05. The minimum absolute atomic E-state index is 0.0265. The minimum Gasteiger partial charge on any atom is -0.443 e. The molecule has 2 aromatic carbocycles. The molecule has 0 radical (unpaired) electrons. The molecule has 1 N–H and O–H groups in total. The largest absolute Gasteiger partial charge is 0.443 e. The molecule has 0 atom stereocenters. The van der Waals surface area contributed by atoms with Crippen molar-refractivity contribution in [2.75, 3.05) is 5.06 Å². The summed E-state index contributed by atoms with van der Waals surface area (Å²) in [6.07, 6.45) is -1.04. The second kappa shape index (κ2) is 6.88. The molecule has 0 bridgehead atoms. The van der Waals surface area contributed by atoms with Crippen LogP contribution in [0.15, 0.2) is 48.5 Å². The minimum atomic E-state index is -1.04. The van der Waals surface area contributed by atoms with Gasteiger partial charge in [0, 0.05) is 12.1 Å². The maximum atomic E-state index is 11.7. The predicted octanol–water partition coefficient (Wildman–Crippen LogP) is 3.78. The van der Waals surface area contributed by atoms with E-state index in [1.165, 1.54) is 0 Å². The summed E-state index contributed by atoms with van der Waals surface area (Å²) in [7, 11) is 0. The van der Waals surface area contributed by atoms with E-state index >= 15 is 0 Å². The number of amides is 1. The van der Waals surface area contributed by atoms with Gasteiger partial charge in [-0.3, -0.25) is 15.3 Å². The van der Waals surface area contributed by atoms with Crippen LogP contribution in [0, 0.1) is 10.1 Å². The molecule has 0 spiro atoms. The lowest BCUT2D eigenvalue weighted by molar-refractivity contribution is -0.384. The summed E-state index contributed by atoms with van der Waals surface area (Å²) in [6, 6.07) is 12.2. The lowest BCUT2D eigenvalue weighted by atomic mass is 10.2. The molecule has 0 aliphatic carbocycles. The number of hydrogen-bond acceptors (Lipinski definition) is 5. The van der Waals surface area contributed by atoms with Crippen LogP contribution in [0.2, 0.25) is 5.02 Å². The van der Waals surface area contributed by atoms with E-state index < -0.39 is 11.0 Å². The van der Waals surface area contributed by atoms with Gasteiger partial charge in [0.05, 0.1) is 15.6 Å². The second-order valence-electron chi connectivity index (χ2n) is 4.24. The molecule has 0 unspecified atom stereocenters. The fourth-order valence-electron chi connectivity index (χ4n) is 1.66. The monoisotopic (exact) mass is 322 g/mol. The number of anilines is 1. The van der Waals surface area contributed by atoms with Crippen LogP contribution in [0.1, 0.15) is 5.56 Å². The Kier molecular flexibility index (Phi) is 4.92. The topological polar surface area (TPSA) is 92.9 Å². The molecule has 1 amide bonds. The van der Waals surface area contributed by atoms with Gasteiger partial charge in [-0.25, -0.2) is 4.79 Å².